The van der Waals surface area contributed by atoms with Crippen LogP contribution in [0.1, 0.15) is 39.5 Å². The number of aliphatic hydroxyl groups excluding tert-OH is 4. The summed E-state index contributed by atoms with van der Waals surface area (Å²) in [4.78, 5) is 13.5. The van der Waals surface area contributed by atoms with Gasteiger partial charge in [-0.2, -0.15) is 0 Å². The number of hydrogen-bond acceptors (Lipinski definition) is 9. The summed E-state index contributed by atoms with van der Waals surface area (Å²) in [5, 5.41) is 47.7. The first kappa shape index (κ1) is 27.3. The van der Waals surface area contributed by atoms with Crippen molar-refractivity contribution in [2.75, 3.05) is 25.5 Å². The minimum absolute atomic E-state index is 0.0534. The second kappa shape index (κ2) is 12.2. The van der Waals surface area contributed by atoms with Crippen LogP contribution < -0.4 is 10.6 Å². The summed E-state index contributed by atoms with van der Waals surface area (Å²) in [6.45, 7) is 5.80. The molecule has 200 valence electrons. The lowest BCUT2D eigenvalue weighted by atomic mass is 9.85. The Balaban J connectivity index is 1.47. The third kappa shape index (κ3) is 6.41. The van der Waals surface area contributed by atoms with Crippen LogP contribution in [0.4, 0.5) is 0 Å². The molecule has 6 N–H and O–H groups in total. The maximum atomic E-state index is 13.5. The van der Waals surface area contributed by atoms with Gasteiger partial charge in [0.1, 0.15) is 35.9 Å². The number of nitrogens with one attached hydrogen (secondary N) is 2. The summed E-state index contributed by atoms with van der Waals surface area (Å²) in [5.41, 5.74) is -0.768. The second-order valence-corrected chi connectivity index (χ2v) is 12.1. The van der Waals surface area contributed by atoms with E-state index >= 15 is 0 Å². The summed E-state index contributed by atoms with van der Waals surface area (Å²) < 4.78 is 12.2. The molecule has 0 aromatic carbocycles. The molecule has 0 unspecified atom stereocenters. The third-order valence-electron chi connectivity index (χ3n) is 7.79. The van der Waals surface area contributed by atoms with Gasteiger partial charge in [0.25, 0.3) is 0 Å². The van der Waals surface area contributed by atoms with Crippen LogP contribution in [-0.2, 0) is 14.3 Å². The molecule has 4 aliphatic rings. The topological polar surface area (TPSA) is 141 Å². The Morgan fingerprint density at radius 2 is 2.00 bits per heavy atom. The number of carbonyl (C=O) groups excluding carboxylic acids is 1. The lowest BCUT2D eigenvalue weighted by Crippen LogP contribution is -2.64. The van der Waals surface area contributed by atoms with Crippen LogP contribution in [0.3, 0.4) is 0 Å². The average molecular weight is 515 g/mol. The maximum Gasteiger partial charge on any atom is 0.240 e. The zero-order chi connectivity index (χ0) is 25.1. The van der Waals surface area contributed by atoms with E-state index in [1.54, 1.807) is 0 Å². The molecule has 11 atom stereocenters. The fraction of sp³-hybridized carbons (Fsp3) is 0.880. The Labute approximate surface area is 212 Å². The van der Waals surface area contributed by atoms with Gasteiger partial charge in [0.2, 0.25) is 5.91 Å². The van der Waals surface area contributed by atoms with Gasteiger partial charge in [-0.15, -0.1) is 11.8 Å². The lowest BCUT2D eigenvalue weighted by molar-refractivity contribution is -0.205. The zero-order valence-electron chi connectivity index (χ0n) is 20.7. The van der Waals surface area contributed by atoms with E-state index in [-0.39, 0.29) is 30.5 Å². The first-order chi connectivity index (χ1) is 16.8. The van der Waals surface area contributed by atoms with Crippen LogP contribution in [-0.4, -0.2) is 99.9 Å². The first-order valence-electron chi connectivity index (χ1n) is 13.0. The van der Waals surface area contributed by atoms with Crippen molar-refractivity contribution in [3.63, 3.8) is 0 Å². The molecule has 2 bridgehead atoms. The highest BCUT2D eigenvalue weighted by molar-refractivity contribution is 7.99. The molecule has 3 fully saturated rings. The molecule has 0 spiro atoms. The summed E-state index contributed by atoms with van der Waals surface area (Å²) >= 11 is 1.29. The van der Waals surface area contributed by atoms with E-state index in [0.29, 0.717) is 30.6 Å². The molecule has 0 aliphatic carbocycles. The Kier molecular flexibility index (Phi) is 9.53. The van der Waals surface area contributed by atoms with Crippen molar-refractivity contribution in [1.82, 2.24) is 10.6 Å². The van der Waals surface area contributed by atoms with E-state index in [1.807, 2.05) is 12.2 Å². The van der Waals surface area contributed by atoms with Crippen LogP contribution in [0.25, 0.3) is 0 Å². The smallest absolute Gasteiger partial charge is 0.240 e. The van der Waals surface area contributed by atoms with Crippen LogP contribution >= 0.6 is 11.8 Å². The van der Waals surface area contributed by atoms with Gasteiger partial charge in [0.15, 0.2) is 0 Å². The van der Waals surface area contributed by atoms with Crippen LogP contribution in [0.15, 0.2) is 12.2 Å². The number of aliphatic hydroxyl groups is 4. The number of fused-ring (bicyclic) bond motifs is 3. The van der Waals surface area contributed by atoms with E-state index in [4.69, 9.17) is 9.47 Å². The third-order valence-corrected chi connectivity index (χ3v) is 9.13. The minimum atomic E-state index is -1.39. The number of carbonyl (C=O) groups is 1. The second-order valence-electron chi connectivity index (χ2n) is 11.0. The van der Waals surface area contributed by atoms with Crippen LogP contribution in [0.2, 0.25) is 0 Å². The zero-order valence-corrected chi connectivity index (χ0v) is 21.5. The standard InChI is InChI=1S/C25H42N2O7S/c1-13(2)8-14-6-7-33-22-16(9-14)10-26-18(22)24(32)27-17-5-3-4-15(11-28)12-35-25-21(31)19(29)20(30)23(17)34-25/h3-4,13-23,25-26,28-31H,5-12H2,1-2H3,(H,27,32)/t14-,15-,16-,17+,18-,19-,20+,21+,22+,23+,25+/m0/s1. The fourth-order valence-corrected chi connectivity index (χ4v) is 7.19. The van der Waals surface area contributed by atoms with Gasteiger partial charge >= 0.3 is 0 Å². The largest absolute Gasteiger partial charge is 0.396 e. The predicted octanol–water partition coefficient (Wildman–Crippen LogP) is 0.00970. The molecule has 9 nitrogen and oxygen atoms in total. The number of ether oxygens (including phenoxy) is 2. The molecule has 0 aromatic heterocycles. The van der Waals surface area contributed by atoms with Crippen molar-refractivity contribution in [1.29, 1.82) is 0 Å². The maximum absolute atomic E-state index is 13.5. The van der Waals surface area contributed by atoms with E-state index in [1.165, 1.54) is 11.8 Å². The number of thioether (sulfide) groups is 1. The van der Waals surface area contributed by atoms with Gasteiger partial charge in [-0.1, -0.05) is 26.0 Å². The highest BCUT2D eigenvalue weighted by Crippen LogP contribution is 2.35. The summed E-state index contributed by atoms with van der Waals surface area (Å²) in [7, 11) is 0. The molecule has 0 radical (unpaired) electrons. The van der Waals surface area contributed by atoms with Crippen molar-refractivity contribution < 1.29 is 34.7 Å². The molecule has 1 amide bonds. The molecule has 0 saturated carbocycles. The Morgan fingerprint density at radius 3 is 2.74 bits per heavy atom. The van der Waals surface area contributed by atoms with Gasteiger partial charge in [-0.05, 0) is 43.4 Å². The molecule has 4 rings (SSSR count). The molecule has 0 aromatic rings. The molecule has 35 heavy (non-hydrogen) atoms. The highest BCUT2D eigenvalue weighted by Gasteiger charge is 2.49. The number of rotatable bonds is 5. The summed E-state index contributed by atoms with van der Waals surface area (Å²) in [6.07, 6.45) is 2.28. The average Bonchev–Trinajstić information content (AvgIpc) is 3.11. The number of amides is 1. The Hall–Kier alpha value is -0.720. The van der Waals surface area contributed by atoms with Crippen molar-refractivity contribution in [2.24, 2.45) is 23.7 Å². The summed E-state index contributed by atoms with van der Waals surface area (Å²) in [6, 6.07) is -1.11. The van der Waals surface area contributed by atoms with E-state index in [9.17, 15) is 25.2 Å². The van der Waals surface area contributed by atoms with Crippen LogP contribution in [0.5, 0.6) is 0 Å². The predicted molar refractivity (Wildman–Crippen MR) is 133 cm³/mol. The lowest BCUT2D eigenvalue weighted by Gasteiger charge is -2.44. The minimum Gasteiger partial charge on any atom is -0.396 e. The van der Waals surface area contributed by atoms with Gasteiger partial charge in [-0.3, -0.25) is 4.79 Å². The normalized spacial score (nSPS) is 44.5. The van der Waals surface area contributed by atoms with Crippen LogP contribution in [0, 0.1) is 23.7 Å². The first-order valence-corrected chi connectivity index (χ1v) is 14.1. The molecular formula is C25H42N2O7S. The van der Waals surface area contributed by atoms with Crippen molar-refractivity contribution in [2.45, 2.75) is 87.6 Å². The highest BCUT2D eigenvalue weighted by atomic mass is 32.2. The molecule has 10 heteroatoms. The van der Waals surface area contributed by atoms with Gasteiger partial charge in [0, 0.05) is 24.8 Å². The van der Waals surface area contributed by atoms with E-state index in [0.717, 1.165) is 25.8 Å². The van der Waals surface area contributed by atoms with Crippen molar-refractivity contribution in [3.05, 3.63) is 12.2 Å². The molecule has 4 aliphatic heterocycles. The van der Waals surface area contributed by atoms with Crippen molar-refractivity contribution in [3.8, 4) is 0 Å². The quantitative estimate of drug-likeness (QED) is 0.280. The number of hydrogen-bond donors (Lipinski definition) is 6. The fourth-order valence-electron chi connectivity index (χ4n) is 5.97. The monoisotopic (exact) mass is 514 g/mol. The van der Waals surface area contributed by atoms with Gasteiger partial charge < -0.3 is 40.5 Å². The summed E-state index contributed by atoms with van der Waals surface area (Å²) in [5.74, 6) is 1.67. The molecular weight excluding hydrogens is 472 g/mol. The molecule has 4 heterocycles. The Morgan fingerprint density at radius 1 is 1.20 bits per heavy atom. The van der Waals surface area contributed by atoms with Crippen molar-refractivity contribution >= 4 is 17.7 Å². The van der Waals surface area contributed by atoms with E-state index < -0.39 is 41.9 Å². The van der Waals surface area contributed by atoms with Gasteiger partial charge in [0.05, 0.1) is 18.8 Å². The Bertz CT molecular complexity index is 741. The molecule has 3 saturated heterocycles. The van der Waals surface area contributed by atoms with Gasteiger partial charge in [-0.25, -0.2) is 0 Å². The SMILES string of the molecule is CC(C)C[C@@H]1CCO[C@@H]2[C@H](CN[C@@H]2C(=O)N[C@@H]2CC=C[C@@H](CO)CS[C@H]3O[C@H]2[C@H](O)[C@H](O)[C@H]3O)C1. The van der Waals surface area contributed by atoms with E-state index in [2.05, 4.69) is 24.5 Å².